The van der Waals surface area contributed by atoms with Crippen LogP contribution in [0.1, 0.15) is 26.7 Å². The van der Waals surface area contributed by atoms with Crippen molar-refractivity contribution < 1.29 is 14.8 Å². The van der Waals surface area contributed by atoms with Gasteiger partial charge in [-0.3, -0.25) is 10.1 Å². The van der Waals surface area contributed by atoms with E-state index in [2.05, 4.69) is 0 Å². The lowest BCUT2D eigenvalue weighted by Gasteiger charge is -2.47. The number of anilines is 1. The van der Waals surface area contributed by atoms with Crippen LogP contribution in [0.3, 0.4) is 0 Å². The van der Waals surface area contributed by atoms with Crippen LogP contribution in [0.15, 0.2) is 18.2 Å². The van der Waals surface area contributed by atoms with E-state index < -0.39 is 10.5 Å². The van der Waals surface area contributed by atoms with Gasteiger partial charge in [0.25, 0.3) is 0 Å². The molecule has 1 heterocycles. The van der Waals surface area contributed by atoms with Gasteiger partial charge >= 0.3 is 5.69 Å². The molecule has 0 unspecified atom stereocenters. The van der Waals surface area contributed by atoms with Crippen LogP contribution in [-0.4, -0.2) is 35.3 Å². The first-order valence-corrected chi connectivity index (χ1v) is 6.88. The molecule has 1 saturated heterocycles. The van der Waals surface area contributed by atoms with Gasteiger partial charge in [0, 0.05) is 13.1 Å². The fourth-order valence-corrected chi connectivity index (χ4v) is 2.34. The van der Waals surface area contributed by atoms with E-state index in [0.717, 1.165) is 6.42 Å². The molecule has 20 heavy (non-hydrogen) atoms. The molecular formula is C14H20N2O4. The highest BCUT2D eigenvalue weighted by atomic mass is 16.6. The lowest BCUT2D eigenvalue weighted by atomic mass is 9.90. The van der Waals surface area contributed by atoms with E-state index in [1.54, 1.807) is 18.2 Å². The number of rotatable bonds is 6. The summed E-state index contributed by atoms with van der Waals surface area (Å²) in [5.74, 6) is 0.293. The molecule has 6 heteroatoms. The summed E-state index contributed by atoms with van der Waals surface area (Å²) in [4.78, 5) is 12.7. The van der Waals surface area contributed by atoms with Crippen molar-refractivity contribution in [1.29, 1.82) is 0 Å². The van der Waals surface area contributed by atoms with Crippen molar-refractivity contribution in [3.63, 3.8) is 0 Å². The monoisotopic (exact) mass is 280 g/mol. The lowest BCUT2D eigenvalue weighted by Crippen LogP contribution is -2.61. The quantitative estimate of drug-likeness (QED) is 0.639. The summed E-state index contributed by atoms with van der Waals surface area (Å²) < 4.78 is 5.45. The number of hydrogen-bond donors (Lipinski definition) is 1. The van der Waals surface area contributed by atoms with Gasteiger partial charge in [-0.25, -0.2) is 0 Å². The van der Waals surface area contributed by atoms with Crippen LogP contribution < -0.4 is 9.64 Å². The Morgan fingerprint density at radius 3 is 2.70 bits per heavy atom. The van der Waals surface area contributed by atoms with Crippen LogP contribution >= 0.6 is 0 Å². The zero-order chi connectivity index (χ0) is 14.8. The molecule has 1 fully saturated rings. The Balaban J connectivity index is 2.27. The summed E-state index contributed by atoms with van der Waals surface area (Å²) >= 11 is 0. The van der Waals surface area contributed by atoms with Gasteiger partial charge in [-0.1, -0.05) is 19.9 Å². The molecule has 0 radical (unpaired) electrons. The van der Waals surface area contributed by atoms with Crippen LogP contribution in [-0.2, 0) is 0 Å². The van der Waals surface area contributed by atoms with Crippen molar-refractivity contribution in [2.45, 2.75) is 32.3 Å². The van der Waals surface area contributed by atoms with Gasteiger partial charge in [-0.2, -0.15) is 0 Å². The number of para-hydroxylation sites is 1. The fourth-order valence-electron chi connectivity index (χ4n) is 2.34. The highest BCUT2D eigenvalue weighted by molar-refractivity contribution is 5.71. The lowest BCUT2D eigenvalue weighted by molar-refractivity contribution is -0.385. The van der Waals surface area contributed by atoms with E-state index in [4.69, 9.17) is 4.74 Å². The largest absolute Gasteiger partial charge is 0.487 e. The van der Waals surface area contributed by atoms with E-state index in [9.17, 15) is 15.2 Å². The summed E-state index contributed by atoms with van der Waals surface area (Å²) in [5, 5.41) is 21.4. The van der Waals surface area contributed by atoms with E-state index in [-0.39, 0.29) is 5.69 Å². The highest BCUT2D eigenvalue weighted by Crippen LogP contribution is 2.41. The number of β-amino-alcohol motifs (C(OH)–C–C–N with tert-alkyl or cyclic N) is 1. The Bertz CT molecular complexity index is 498. The second-order valence-corrected chi connectivity index (χ2v) is 5.16. The second-order valence-electron chi connectivity index (χ2n) is 5.16. The summed E-state index contributed by atoms with van der Waals surface area (Å²) in [6.07, 6.45) is 1.43. The Kier molecular flexibility index (Phi) is 4.13. The zero-order valence-corrected chi connectivity index (χ0v) is 11.8. The van der Waals surface area contributed by atoms with E-state index in [1.165, 1.54) is 0 Å². The number of nitro benzene ring substituents is 1. The number of nitro groups is 1. The average Bonchev–Trinajstić information content (AvgIpc) is 2.40. The van der Waals surface area contributed by atoms with Crippen LogP contribution in [0.2, 0.25) is 0 Å². The maximum absolute atomic E-state index is 11.3. The first-order valence-electron chi connectivity index (χ1n) is 6.88. The predicted octanol–water partition coefficient (Wildman–Crippen LogP) is 2.34. The molecule has 0 bridgehead atoms. The minimum absolute atomic E-state index is 0.0147. The van der Waals surface area contributed by atoms with Crippen LogP contribution in [0.4, 0.5) is 11.4 Å². The van der Waals surface area contributed by atoms with Crippen molar-refractivity contribution in [2.75, 3.05) is 24.6 Å². The molecule has 6 nitrogen and oxygen atoms in total. The molecule has 2 rings (SSSR count). The minimum Gasteiger partial charge on any atom is -0.487 e. The van der Waals surface area contributed by atoms with E-state index in [1.807, 2.05) is 18.7 Å². The maximum atomic E-state index is 11.3. The summed E-state index contributed by atoms with van der Waals surface area (Å²) in [5.41, 5.74) is -0.227. The molecular weight excluding hydrogens is 260 g/mol. The van der Waals surface area contributed by atoms with Crippen molar-refractivity contribution in [3.05, 3.63) is 28.3 Å². The smallest absolute Gasteiger partial charge is 0.333 e. The third-order valence-corrected chi connectivity index (χ3v) is 3.59. The molecule has 110 valence electrons. The average molecular weight is 280 g/mol. The molecule has 0 aliphatic carbocycles. The summed E-state index contributed by atoms with van der Waals surface area (Å²) in [6, 6.07) is 5.06. The number of nitrogens with zero attached hydrogens (tertiary/aromatic N) is 2. The number of benzene rings is 1. The summed E-state index contributed by atoms with van der Waals surface area (Å²) in [7, 11) is 0. The first kappa shape index (κ1) is 14.6. The Hall–Kier alpha value is -1.82. The normalized spacial score (nSPS) is 16.6. The van der Waals surface area contributed by atoms with Gasteiger partial charge in [0.05, 0.1) is 17.1 Å². The van der Waals surface area contributed by atoms with Gasteiger partial charge < -0.3 is 14.7 Å². The molecule has 0 aromatic heterocycles. The maximum Gasteiger partial charge on any atom is 0.333 e. The molecule has 0 atom stereocenters. The van der Waals surface area contributed by atoms with Gasteiger partial charge in [0.1, 0.15) is 5.69 Å². The van der Waals surface area contributed by atoms with Gasteiger partial charge in [-0.05, 0) is 25.0 Å². The molecule has 1 aromatic carbocycles. The molecule has 0 amide bonds. The van der Waals surface area contributed by atoms with Crippen molar-refractivity contribution in [1.82, 2.24) is 0 Å². The Labute approximate surface area is 118 Å². The van der Waals surface area contributed by atoms with Crippen LogP contribution in [0.5, 0.6) is 5.75 Å². The standard InChI is InChI=1S/C14H20N2O4/c1-3-8-20-12-7-5-6-11(13(12)16(18)19)15-9-14(17,4-2)10-15/h5-7,17H,3-4,8-10H2,1-2H3. The number of hydrogen-bond acceptors (Lipinski definition) is 5. The number of ether oxygens (including phenoxy) is 1. The summed E-state index contributed by atoms with van der Waals surface area (Å²) in [6.45, 7) is 5.14. The Morgan fingerprint density at radius 2 is 2.15 bits per heavy atom. The molecule has 1 aliphatic heterocycles. The molecule has 0 spiro atoms. The molecule has 1 aromatic rings. The Morgan fingerprint density at radius 1 is 1.45 bits per heavy atom. The van der Waals surface area contributed by atoms with Crippen molar-refractivity contribution in [2.24, 2.45) is 0 Å². The zero-order valence-electron chi connectivity index (χ0n) is 11.8. The third kappa shape index (κ3) is 2.70. The molecule has 1 N–H and O–H groups in total. The van der Waals surface area contributed by atoms with Gasteiger partial charge in [-0.15, -0.1) is 0 Å². The highest BCUT2D eigenvalue weighted by Gasteiger charge is 2.42. The van der Waals surface area contributed by atoms with E-state index in [0.29, 0.717) is 37.6 Å². The van der Waals surface area contributed by atoms with E-state index >= 15 is 0 Å². The predicted molar refractivity (Wildman–Crippen MR) is 76.3 cm³/mol. The minimum atomic E-state index is -0.728. The second kappa shape index (κ2) is 5.66. The SMILES string of the molecule is CCCOc1cccc(N2CC(O)(CC)C2)c1[N+](=O)[O-]. The topological polar surface area (TPSA) is 75.8 Å². The first-order chi connectivity index (χ1) is 9.50. The number of aliphatic hydroxyl groups is 1. The van der Waals surface area contributed by atoms with Gasteiger partial charge in [0.2, 0.25) is 0 Å². The third-order valence-electron chi connectivity index (χ3n) is 3.59. The van der Waals surface area contributed by atoms with Gasteiger partial charge in [0.15, 0.2) is 5.75 Å². The molecule has 1 aliphatic rings. The fraction of sp³-hybridized carbons (Fsp3) is 0.571. The van der Waals surface area contributed by atoms with Crippen LogP contribution in [0, 0.1) is 10.1 Å². The molecule has 0 saturated carbocycles. The van der Waals surface area contributed by atoms with Crippen molar-refractivity contribution >= 4 is 11.4 Å². The van der Waals surface area contributed by atoms with Crippen molar-refractivity contribution in [3.8, 4) is 5.75 Å². The van der Waals surface area contributed by atoms with Crippen LogP contribution in [0.25, 0.3) is 0 Å².